The Balaban J connectivity index is 1.86. The van der Waals surface area contributed by atoms with Gasteiger partial charge < -0.3 is 9.84 Å². The molecule has 0 aromatic heterocycles. The summed E-state index contributed by atoms with van der Waals surface area (Å²) in [6, 6.07) is 19.9. The summed E-state index contributed by atoms with van der Waals surface area (Å²) in [6.07, 6.45) is 0. The third-order valence-corrected chi connectivity index (χ3v) is 4.08. The highest BCUT2D eigenvalue weighted by Gasteiger charge is 2.11. The lowest BCUT2D eigenvalue weighted by atomic mass is 10.0. The SMILES string of the molecule is COc1ccccc1CN(C)Cc1c(O)ccc2ccccc12. The normalized spacial score (nSPS) is 11.1. The van der Waals surface area contributed by atoms with Crippen LogP contribution < -0.4 is 4.74 Å². The molecular formula is C20H21NO2. The Morgan fingerprint density at radius 1 is 0.913 bits per heavy atom. The number of phenolic OH excluding ortho intramolecular Hbond substituents is 1. The van der Waals surface area contributed by atoms with E-state index in [1.54, 1.807) is 13.2 Å². The second-order valence-corrected chi connectivity index (χ2v) is 5.77. The maximum Gasteiger partial charge on any atom is 0.123 e. The Bertz CT molecular complexity index is 814. The summed E-state index contributed by atoms with van der Waals surface area (Å²) >= 11 is 0. The zero-order valence-corrected chi connectivity index (χ0v) is 13.5. The minimum Gasteiger partial charge on any atom is -0.508 e. The molecule has 0 amide bonds. The van der Waals surface area contributed by atoms with Crippen LogP contribution in [-0.2, 0) is 13.1 Å². The molecule has 3 aromatic rings. The lowest BCUT2D eigenvalue weighted by molar-refractivity contribution is 0.306. The van der Waals surface area contributed by atoms with Crippen LogP contribution in [0.1, 0.15) is 11.1 Å². The van der Waals surface area contributed by atoms with Crippen LogP contribution in [0.4, 0.5) is 0 Å². The second kappa shape index (κ2) is 6.71. The van der Waals surface area contributed by atoms with E-state index in [2.05, 4.69) is 23.1 Å². The first-order valence-corrected chi connectivity index (χ1v) is 7.69. The van der Waals surface area contributed by atoms with Gasteiger partial charge in [0, 0.05) is 24.2 Å². The molecule has 0 bridgehead atoms. The fourth-order valence-corrected chi connectivity index (χ4v) is 2.94. The number of hydrogen-bond donors (Lipinski definition) is 1. The molecule has 0 radical (unpaired) electrons. The second-order valence-electron chi connectivity index (χ2n) is 5.77. The Morgan fingerprint density at radius 3 is 2.48 bits per heavy atom. The number of rotatable bonds is 5. The van der Waals surface area contributed by atoms with Crippen LogP contribution in [0.3, 0.4) is 0 Å². The van der Waals surface area contributed by atoms with Gasteiger partial charge in [0.05, 0.1) is 7.11 Å². The molecule has 118 valence electrons. The molecule has 0 aliphatic rings. The van der Waals surface area contributed by atoms with Crippen LogP contribution in [0.25, 0.3) is 10.8 Å². The zero-order chi connectivity index (χ0) is 16.2. The van der Waals surface area contributed by atoms with Crippen molar-refractivity contribution in [3.63, 3.8) is 0 Å². The van der Waals surface area contributed by atoms with Gasteiger partial charge in [-0.15, -0.1) is 0 Å². The lowest BCUT2D eigenvalue weighted by Gasteiger charge is -2.20. The molecule has 3 heteroatoms. The average Bonchev–Trinajstić information content (AvgIpc) is 2.58. The van der Waals surface area contributed by atoms with Crippen LogP contribution >= 0.6 is 0 Å². The van der Waals surface area contributed by atoms with Gasteiger partial charge in [-0.25, -0.2) is 0 Å². The van der Waals surface area contributed by atoms with E-state index in [9.17, 15) is 5.11 Å². The third-order valence-electron chi connectivity index (χ3n) is 4.08. The zero-order valence-electron chi connectivity index (χ0n) is 13.5. The number of nitrogens with zero attached hydrogens (tertiary/aromatic N) is 1. The van der Waals surface area contributed by atoms with E-state index in [1.807, 2.05) is 43.4 Å². The van der Waals surface area contributed by atoms with Gasteiger partial charge in [0.1, 0.15) is 11.5 Å². The Kier molecular flexibility index (Phi) is 4.49. The van der Waals surface area contributed by atoms with Crippen molar-refractivity contribution in [1.82, 2.24) is 4.90 Å². The van der Waals surface area contributed by atoms with Crippen molar-refractivity contribution in [1.29, 1.82) is 0 Å². The summed E-state index contributed by atoms with van der Waals surface area (Å²) in [7, 11) is 3.74. The van der Waals surface area contributed by atoms with E-state index < -0.39 is 0 Å². The molecule has 0 atom stereocenters. The highest BCUT2D eigenvalue weighted by Crippen LogP contribution is 2.29. The molecule has 1 N–H and O–H groups in total. The van der Waals surface area contributed by atoms with Crippen molar-refractivity contribution in [2.75, 3.05) is 14.2 Å². The molecule has 0 saturated heterocycles. The minimum atomic E-state index is 0.343. The molecule has 3 aromatic carbocycles. The van der Waals surface area contributed by atoms with Gasteiger partial charge in [-0.05, 0) is 30.0 Å². The van der Waals surface area contributed by atoms with Crippen molar-refractivity contribution in [2.24, 2.45) is 0 Å². The monoisotopic (exact) mass is 307 g/mol. The topological polar surface area (TPSA) is 32.7 Å². The number of hydrogen-bond acceptors (Lipinski definition) is 3. The molecule has 3 rings (SSSR count). The van der Waals surface area contributed by atoms with Crippen molar-refractivity contribution in [3.05, 3.63) is 71.8 Å². The van der Waals surface area contributed by atoms with Crippen molar-refractivity contribution in [3.8, 4) is 11.5 Å². The summed E-state index contributed by atoms with van der Waals surface area (Å²) in [5, 5.41) is 12.5. The molecule has 0 unspecified atom stereocenters. The van der Waals surface area contributed by atoms with Crippen LogP contribution in [-0.4, -0.2) is 24.2 Å². The molecule has 3 nitrogen and oxygen atoms in total. The summed E-state index contributed by atoms with van der Waals surface area (Å²) in [5.41, 5.74) is 2.10. The fraction of sp³-hybridized carbons (Fsp3) is 0.200. The summed E-state index contributed by atoms with van der Waals surface area (Å²) < 4.78 is 5.41. The van der Waals surface area contributed by atoms with Gasteiger partial charge in [0.15, 0.2) is 0 Å². The number of para-hydroxylation sites is 1. The van der Waals surface area contributed by atoms with Crippen molar-refractivity contribution >= 4 is 10.8 Å². The van der Waals surface area contributed by atoms with Gasteiger partial charge in [-0.1, -0.05) is 48.5 Å². The van der Waals surface area contributed by atoms with Crippen molar-refractivity contribution < 1.29 is 9.84 Å². The van der Waals surface area contributed by atoms with Gasteiger partial charge in [0.25, 0.3) is 0 Å². The smallest absolute Gasteiger partial charge is 0.123 e. The fourth-order valence-electron chi connectivity index (χ4n) is 2.94. The number of aromatic hydroxyl groups is 1. The first-order chi connectivity index (χ1) is 11.2. The Hall–Kier alpha value is -2.52. The van der Waals surface area contributed by atoms with E-state index in [4.69, 9.17) is 4.74 Å². The number of ether oxygens (including phenoxy) is 1. The molecule has 0 spiro atoms. The van der Waals surface area contributed by atoms with Crippen LogP contribution in [0.2, 0.25) is 0 Å². The maximum atomic E-state index is 10.3. The maximum absolute atomic E-state index is 10.3. The quantitative estimate of drug-likeness (QED) is 0.767. The highest BCUT2D eigenvalue weighted by molar-refractivity contribution is 5.87. The van der Waals surface area contributed by atoms with Crippen LogP contribution in [0.15, 0.2) is 60.7 Å². The van der Waals surface area contributed by atoms with E-state index in [0.29, 0.717) is 12.3 Å². The largest absolute Gasteiger partial charge is 0.508 e. The van der Waals surface area contributed by atoms with Crippen LogP contribution in [0.5, 0.6) is 11.5 Å². The highest BCUT2D eigenvalue weighted by atomic mass is 16.5. The Morgan fingerprint density at radius 2 is 1.65 bits per heavy atom. The van der Waals surface area contributed by atoms with Crippen molar-refractivity contribution in [2.45, 2.75) is 13.1 Å². The molecule has 0 aliphatic heterocycles. The lowest BCUT2D eigenvalue weighted by Crippen LogP contribution is -2.18. The molecular weight excluding hydrogens is 286 g/mol. The molecule has 0 saturated carbocycles. The number of fused-ring (bicyclic) bond motifs is 1. The van der Waals surface area contributed by atoms with E-state index in [0.717, 1.165) is 34.2 Å². The van der Waals surface area contributed by atoms with Gasteiger partial charge in [-0.3, -0.25) is 4.90 Å². The standard InChI is InChI=1S/C20H21NO2/c1-21(13-16-8-4-6-10-20(16)23-2)14-18-17-9-5-3-7-15(17)11-12-19(18)22/h3-12,22H,13-14H2,1-2H3. The number of methoxy groups -OCH3 is 1. The van der Waals surface area contributed by atoms with Gasteiger partial charge in [-0.2, -0.15) is 0 Å². The van der Waals surface area contributed by atoms with Crippen LogP contribution in [0, 0.1) is 0 Å². The number of benzene rings is 3. The number of phenols is 1. The molecule has 0 fully saturated rings. The van der Waals surface area contributed by atoms with E-state index >= 15 is 0 Å². The summed E-state index contributed by atoms with van der Waals surface area (Å²) in [6.45, 7) is 1.43. The average molecular weight is 307 g/mol. The van der Waals surface area contributed by atoms with Gasteiger partial charge >= 0.3 is 0 Å². The summed E-state index contributed by atoms with van der Waals surface area (Å²) in [5.74, 6) is 1.23. The molecule has 23 heavy (non-hydrogen) atoms. The van der Waals surface area contributed by atoms with Gasteiger partial charge in [0.2, 0.25) is 0 Å². The van der Waals surface area contributed by atoms with E-state index in [1.165, 1.54) is 0 Å². The Labute approximate surface area is 136 Å². The van der Waals surface area contributed by atoms with E-state index in [-0.39, 0.29) is 0 Å². The first kappa shape index (κ1) is 15.4. The third kappa shape index (κ3) is 3.30. The summed E-state index contributed by atoms with van der Waals surface area (Å²) in [4.78, 5) is 2.18. The molecule has 0 heterocycles. The molecule has 0 aliphatic carbocycles. The predicted octanol–water partition coefficient (Wildman–Crippen LogP) is 4.19. The predicted molar refractivity (Wildman–Crippen MR) is 93.8 cm³/mol. The first-order valence-electron chi connectivity index (χ1n) is 7.69. The minimum absolute atomic E-state index is 0.343.